The summed E-state index contributed by atoms with van der Waals surface area (Å²) in [5.74, 6) is 0. The predicted molar refractivity (Wildman–Crippen MR) is 89.7 cm³/mol. The first-order valence-electron chi connectivity index (χ1n) is 8.76. The highest BCUT2D eigenvalue weighted by Crippen LogP contribution is 2.32. The van der Waals surface area contributed by atoms with Crippen LogP contribution < -0.4 is 0 Å². The fraction of sp³-hybridized carbons (Fsp3) is 1.00. The average Bonchev–Trinajstić information content (AvgIpc) is 2.54. The summed E-state index contributed by atoms with van der Waals surface area (Å²) in [7, 11) is 0. The SMILES string of the molecule is CC(C)(C)CCN1C2CCC1CN(CCOC(C)(C)C)C2. The molecule has 0 aromatic carbocycles. The van der Waals surface area contributed by atoms with E-state index in [0.717, 1.165) is 25.2 Å². The Morgan fingerprint density at radius 3 is 1.95 bits per heavy atom. The lowest BCUT2D eigenvalue weighted by Gasteiger charge is -2.42. The summed E-state index contributed by atoms with van der Waals surface area (Å²) < 4.78 is 5.89. The first-order chi connectivity index (χ1) is 9.64. The van der Waals surface area contributed by atoms with E-state index in [4.69, 9.17) is 4.74 Å². The van der Waals surface area contributed by atoms with E-state index in [2.05, 4.69) is 51.3 Å². The second-order valence-corrected chi connectivity index (χ2v) is 9.15. The summed E-state index contributed by atoms with van der Waals surface area (Å²) in [5, 5.41) is 0. The standard InChI is InChI=1S/C18H36N2O/c1-17(2,3)9-10-20-15-7-8-16(20)14-19(13-15)11-12-21-18(4,5)6/h15-16H,7-14H2,1-6H3. The van der Waals surface area contributed by atoms with E-state index >= 15 is 0 Å². The van der Waals surface area contributed by atoms with E-state index in [1.165, 1.54) is 38.9 Å². The molecule has 124 valence electrons. The van der Waals surface area contributed by atoms with Crippen molar-refractivity contribution in [2.24, 2.45) is 5.41 Å². The van der Waals surface area contributed by atoms with Gasteiger partial charge in [-0.2, -0.15) is 0 Å². The highest BCUT2D eigenvalue weighted by atomic mass is 16.5. The van der Waals surface area contributed by atoms with E-state index in [-0.39, 0.29) is 5.60 Å². The van der Waals surface area contributed by atoms with Crippen molar-refractivity contribution in [1.82, 2.24) is 9.80 Å². The smallest absolute Gasteiger partial charge is 0.0600 e. The number of likely N-dealkylation sites (tertiary alicyclic amines) is 1. The van der Waals surface area contributed by atoms with Gasteiger partial charge in [-0.25, -0.2) is 0 Å². The monoisotopic (exact) mass is 296 g/mol. The Kier molecular flexibility index (Phi) is 5.38. The third-order valence-corrected chi connectivity index (χ3v) is 4.77. The van der Waals surface area contributed by atoms with Crippen LogP contribution in [0.5, 0.6) is 0 Å². The zero-order valence-corrected chi connectivity index (χ0v) is 15.1. The summed E-state index contributed by atoms with van der Waals surface area (Å²) in [4.78, 5) is 5.42. The number of hydrogen-bond acceptors (Lipinski definition) is 3. The Morgan fingerprint density at radius 1 is 0.905 bits per heavy atom. The lowest BCUT2D eigenvalue weighted by molar-refractivity contribution is -0.0248. The first-order valence-corrected chi connectivity index (χ1v) is 8.76. The fourth-order valence-corrected chi connectivity index (χ4v) is 3.57. The fourth-order valence-electron chi connectivity index (χ4n) is 3.57. The molecule has 0 aromatic heterocycles. The largest absolute Gasteiger partial charge is 0.375 e. The second-order valence-electron chi connectivity index (χ2n) is 9.15. The van der Waals surface area contributed by atoms with Crippen LogP contribution in [0.2, 0.25) is 0 Å². The number of nitrogens with zero attached hydrogens (tertiary/aromatic N) is 2. The van der Waals surface area contributed by atoms with E-state index in [9.17, 15) is 0 Å². The van der Waals surface area contributed by atoms with E-state index in [0.29, 0.717) is 5.41 Å². The Balaban J connectivity index is 1.76. The van der Waals surface area contributed by atoms with Gasteiger partial charge in [-0.1, -0.05) is 20.8 Å². The van der Waals surface area contributed by atoms with Gasteiger partial charge < -0.3 is 4.74 Å². The molecular formula is C18H36N2O. The van der Waals surface area contributed by atoms with Gasteiger partial charge in [0.2, 0.25) is 0 Å². The van der Waals surface area contributed by atoms with Gasteiger partial charge in [-0.05, 0) is 52.0 Å². The molecule has 0 radical (unpaired) electrons. The Hall–Kier alpha value is -0.120. The van der Waals surface area contributed by atoms with Crippen LogP contribution in [-0.4, -0.2) is 60.3 Å². The van der Waals surface area contributed by atoms with Crippen molar-refractivity contribution >= 4 is 0 Å². The Bertz CT molecular complexity index is 315. The minimum Gasteiger partial charge on any atom is -0.375 e. The second kappa shape index (κ2) is 6.55. The molecule has 3 nitrogen and oxygen atoms in total. The van der Waals surface area contributed by atoms with Gasteiger partial charge in [0, 0.05) is 31.7 Å². The van der Waals surface area contributed by atoms with Gasteiger partial charge in [0.1, 0.15) is 0 Å². The highest BCUT2D eigenvalue weighted by molar-refractivity contribution is 4.96. The molecule has 2 atom stereocenters. The molecule has 2 unspecified atom stereocenters. The van der Waals surface area contributed by atoms with Crippen LogP contribution in [0.3, 0.4) is 0 Å². The van der Waals surface area contributed by atoms with Crippen molar-refractivity contribution in [2.75, 3.05) is 32.8 Å². The van der Waals surface area contributed by atoms with Gasteiger partial charge in [-0.15, -0.1) is 0 Å². The summed E-state index contributed by atoms with van der Waals surface area (Å²) in [6, 6.07) is 1.58. The summed E-state index contributed by atoms with van der Waals surface area (Å²) in [6.07, 6.45) is 4.10. The minimum absolute atomic E-state index is 0.00644. The predicted octanol–water partition coefficient (Wildman–Crippen LogP) is 3.39. The molecule has 2 bridgehead atoms. The van der Waals surface area contributed by atoms with Crippen molar-refractivity contribution in [3.05, 3.63) is 0 Å². The van der Waals surface area contributed by atoms with Gasteiger partial charge in [0.15, 0.2) is 0 Å². The molecule has 2 saturated heterocycles. The molecule has 21 heavy (non-hydrogen) atoms. The van der Waals surface area contributed by atoms with Crippen LogP contribution in [0.1, 0.15) is 60.8 Å². The zero-order chi connectivity index (χ0) is 15.7. The van der Waals surface area contributed by atoms with Crippen LogP contribution in [-0.2, 0) is 4.74 Å². The molecule has 0 N–H and O–H groups in total. The number of hydrogen-bond donors (Lipinski definition) is 0. The van der Waals surface area contributed by atoms with Crippen molar-refractivity contribution in [2.45, 2.75) is 78.5 Å². The molecule has 0 saturated carbocycles. The maximum Gasteiger partial charge on any atom is 0.0600 e. The molecule has 3 heteroatoms. The maximum absolute atomic E-state index is 5.89. The zero-order valence-electron chi connectivity index (χ0n) is 15.1. The summed E-state index contributed by atoms with van der Waals surface area (Å²) in [6.45, 7) is 19.2. The Morgan fingerprint density at radius 2 is 1.48 bits per heavy atom. The van der Waals surface area contributed by atoms with E-state index < -0.39 is 0 Å². The molecule has 2 rings (SSSR count). The van der Waals surface area contributed by atoms with E-state index in [1.54, 1.807) is 0 Å². The van der Waals surface area contributed by atoms with Gasteiger partial charge in [0.25, 0.3) is 0 Å². The minimum atomic E-state index is -0.00644. The number of ether oxygens (including phenoxy) is 1. The van der Waals surface area contributed by atoms with Crippen LogP contribution >= 0.6 is 0 Å². The highest BCUT2D eigenvalue weighted by Gasteiger charge is 2.39. The van der Waals surface area contributed by atoms with Gasteiger partial charge in [-0.3, -0.25) is 9.80 Å². The first kappa shape index (κ1) is 17.2. The van der Waals surface area contributed by atoms with Crippen LogP contribution in [0.15, 0.2) is 0 Å². The van der Waals surface area contributed by atoms with E-state index in [1.807, 2.05) is 0 Å². The maximum atomic E-state index is 5.89. The normalized spacial score (nSPS) is 28.3. The Labute approximate surface area is 132 Å². The van der Waals surface area contributed by atoms with Crippen molar-refractivity contribution in [3.63, 3.8) is 0 Å². The van der Waals surface area contributed by atoms with Crippen LogP contribution in [0.4, 0.5) is 0 Å². The molecule has 0 spiro atoms. The molecule has 0 aromatic rings. The number of rotatable bonds is 5. The molecule has 0 aliphatic carbocycles. The van der Waals surface area contributed by atoms with Gasteiger partial charge in [0.05, 0.1) is 12.2 Å². The van der Waals surface area contributed by atoms with Crippen molar-refractivity contribution < 1.29 is 4.74 Å². The number of fused-ring (bicyclic) bond motifs is 2. The average molecular weight is 296 g/mol. The third kappa shape index (κ3) is 5.54. The molecule has 2 aliphatic heterocycles. The molecule has 2 fully saturated rings. The van der Waals surface area contributed by atoms with Crippen LogP contribution in [0.25, 0.3) is 0 Å². The van der Waals surface area contributed by atoms with Gasteiger partial charge >= 0.3 is 0 Å². The quantitative estimate of drug-likeness (QED) is 0.773. The molecule has 2 heterocycles. The third-order valence-electron chi connectivity index (χ3n) is 4.77. The summed E-state index contributed by atoms with van der Waals surface area (Å²) >= 11 is 0. The number of piperazine rings is 1. The molecule has 2 aliphatic rings. The lowest BCUT2D eigenvalue weighted by atomic mass is 9.91. The van der Waals surface area contributed by atoms with Crippen molar-refractivity contribution in [3.8, 4) is 0 Å². The van der Waals surface area contributed by atoms with Crippen LogP contribution in [0, 0.1) is 5.41 Å². The lowest BCUT2D eigenvalue weighted by Crippen LogP contribution is -2.54. The van der Waals surface area contributed by atoms with Crippen molar-refractivity contribution in [1.29, 1.82) is 0 Å². The molecular weight excluding hydrogens is 260 g/mol. The molecule has 0 amide bonds. The topological polar surface area (TPSA) is 15.7 Å². The summed E-state index contributed by atoms with van der Waals surface area (Å²) in [5.41, 5.74) is 0.449.